The number of para-hydroxylation sites is 1. The van der Waals surface area contributed by atoms with Crippen molar-refractivity contribution < 1.29 is 12.9 Å². The summed E-state index contributed by atoms with van der Waals surface area (Å²) in [5.41, 5.74) is 1.01. The first kappa shape index (κ1) is 15.2. The zero-order chi connectivity index (χ0) is 13.2. The Balaban J connectivity index is 2.34. The van der Waals surface area contributed by atoms with Crippen molar-refractivity contribution in [3.05, 3.63) is 29.8 Å². The third kappa shape index (κ3) is 6.17. The smallest absolute Gasteiger partial charge is 0.357 e. The second-order valence-electron chi connectivity index (χ2n) is 4.43. The minimum atomic E-state index is -2.24. The van der Waals surface area contributed by atoms with Crippen LogP contribution in [0.15, 0.2) is 24.3 Å². The lowest BCUT2D eigenvalue weighted by Gasteiger charge is -2.07. The Morgan fingerprint density at radius 3 is 2.50 bits per heavy atom. The van der Waals surface area contributed by atoms with E-state index in [0.29, 0.717) is 5.75 Å². The topological polar surface area (TPSA) is 46.5 Å². The molecule has 0 radical (unpaired) electrons. The first-order valence-electron chi connectivity index (χ1n) is 6.61. The Morgan fingerprint density at radius 2 is 1.78 bits per heavy atom. The number of hydrogen-bond donors (Lipinski definition) is 1. The summed E-state index contributed by atoms with van der Waals surface area (Å²) in [6, 6.07) is 7.43. The highest BCUT2D eigenvalue weighted by atomic mass is 32.2. The number of aryl methyl sites for hydroxylation is 1. The third-order valence-electron chi connectivity index (χ3n) is 2.93. The second kappa shape index (κ2) is 9.11. The van der Waals surface area contributed by atoms with Gasteiger partial charge in [0.2, 0.25) is 0 Å². The molecule has 0 aliphatic carbocycles. The van der Waals surface area contributed by atoms with Crippen molar-refractivity contribution in [3.8, 4) is 5.75 Å². The Bertz CT molecular complexity index is 366. The van der Waals surface area contributed by atoms with Crippen LogP contribution in [0.4, 0.5) is 0 Å². The van der Waals surface area contributed by atoms with Crippen molar-refractivity contribution in [2.45, 2.75) is 51.9 Å². The molecule has 0 heterocycles. The fourth-order valence-electron chi connectivity index (χ4n) is 1.96. The molecular formula is C14H22O3S. The Morgan fingerprint density at radius 1 is 1.11 bits per heavy atom. The van der Waals surface area contributed by atoms with Gasteiger partial charge in [0.05, 0.1) is 0 Å². The minimum absolute atomic E-state index is 0.520. The van der Waals surface area contributed by atoms with E-state index < -0.39 is 11.4 Å². The minimum Gasteiger partial charge on any atom is -0.380 e. The lowest BCUT2D eigenvalue weighted by Crippen LogP contribution is -2.00. The summed E-state index contributed by atoms with van der Waals surface area (Å²) in [5, 5.41) is 0. The summed E-state index contributed by atoms with van der Waals surface area (Å²) in [5.74, 6) is 0.520. The maximum atomic E-state index is 10.7. The van der Waals surface area contributed by atoms with Gasteiger partial charge in [-0.15, -0.1) is 0 Å². The molecule has 1 rings (SSSR count). The summed E-state index contributed by atoms with van der Waals surface area (Å²) in [7, 11) is 0. The highest BCUT2D eigenvalue weighted by molar-refractivity contribution is 7.74. The molecule has 0 aromatic heterocycles. The van der Waals surface area contributed by atoms with Gasteiger partial charge >= 0.3 is 11.4 Å². The fraction of sp³-hybridized carbons (Fsp3) is 0.571. The SMILES string of the molecule is CCCCCCCCc1ccccc1OS(=O)O. The van der Waals surface area contributed by atoms with Crippen molar-refractivity contribution in [2.24, 2.45) is 0 Å². The van der Waals surface area contributed by atoms with E-state index in [2.05, 4.69) is 6.92 Å². The number of unbranched alkanes of at least 4 members (excludes halogenated alkanes) is 5. The highest BCUT2D eigenvalue weighted by Gasteiger charge is 2.05. The van der Waals surface area contributed by atoms with E-state index in [1.165, 1.54) is 32.1 Å². The number of hydrogen-bond acceptors (Lipinski definition) is 2. The van der Waals surface area contributed by atoms with Crippen molar-refractivity contribution in [1.29, 1.82) is 0 Å². The van der Waals surface area contributed by atoms with Crippen LogP contribution in [-0.4, -0.2) is 8.76 Å². The summed E-state index contributed by atoms with van der Waals surface area (Å²) in [4.78, 5) is 0. The van der Waals surface area contributed by atoms with Gasteiger partial charge < -0.3 is 4.18 Å². The Labute approximate surface area is 112 Å². The van der Waals surface area contributed by atoms with Crippen LogP contribution in [-0.2, 0) is 17.8 Å². The van der Waals surface area contributed by atoms with Gasteiger partial charge in [-0.05, 0) is 24.5 Å². The maximum Gasteiger partial charge on any atom is 0.357 e. The molecule has 1 aromatic rings. The van der Waals surface area contributed by atoms with Gasteiger partial charge in [0.15, 0.2) is 0 Å². The van der Waals surface area contributed by atoms with Crippen molar-refractivity contribution in [3.63, 3.8) is 0 Å². The fourth-order valence-corrected chi connectivity index (χ4v) is 2.28. The van der Waals surface area contributed by atoms with Crippen LogP contribution >= 0.6 is 0 Å². The van der Waals surface area contributed by atoms with Crippen molar-refractivity contribution in [1.82, 2.24) is 0 Å². The van der Waals surface area contributed by atoms with E-state index in [-0.39, 0.29) is 0 Å². The normalized spacial score (nSPS) is 12.3. The highest BCUT2D eigenvalue weighted by Crippen LogP contribution is 2.21. The molecule has 0 bridgehead atoms. The maximum absolute atomic E-state index is 10.7. The predicted molar refractivity (Wildman–Crippen MR) is 74.9 cm³/mol. The van der Waals surface area contributed by atoms with E-state index in [4.69, 9.17) is 8.74 Å². The standard InChI is InChI=1S/C14H22O3S/c1-2-3-4-5-6-7-10-13-11-8-9-12-14(13)17-18(15)16/h8-9,11-12H,2-7,10H2,1H3,(H,15,16). The molecule has 0 saturated heterocycles. The van der Waals surface area contributed by atoms with Crippen LogP contribution in [0.5, 0.6) is 5.75 Å². The van der Waals surface area contributed by atoms with E-state index >= 15 is 0 Å². The van der Waals surface area contributed by atoms with Gasteiger partial charge in [0.25, 0.3) is 0 Å². The number of benzene rings is 1. The van der Waals surface area contributed by atoms with E-state index in [1.807, 2.05) is 18.2 Å². The molecule has 0 aliphatic heterocycles. The van der Waals surface area contributed by atoms with E-state index in [9.17, 15) is 4.21 Å². The van der Waals surface area contributed by atoms with Gasteiger partial charge in [-0.1, -0.05) is 57.2 Å². The van der Waals surface area contributed by atoms with Gasteiger partial charge in [-0.2, -0.15) is 4.21 Å². The molecular weight excluding hydrogens is 248 g/mol. The van der Waals surface area contributed by atoms with Crippen LogP contribution in [0.25, 0.3) is 0 Å². The largest absolute Gasteiger partial charge is 0.380 e. The molecule has 1 aromatic carbocycles. The molecule has 1 N–H and O–H groups in total. The van der Waals surface area contributed by atoms with Crippen molar-refractivity contribution in [2.75, 3.05) is 0 Å². The third-order valence-corrected chi connectivity index (χ3v) is 3.26. The molecule has 0 fully saturated rings. The van der Waals surface area contributed by atoms with Crippen LogP contribution in [0.3, 0.4) is 0 Å². The quantitative estimate of drug-likeness (QED) is 0.542. The van der Waals surface area contributed by atoms with Gasteiger partial charge in [-0.25, -0.2) is 0 Å². The number of rotatable bonds is 9. The van der Waals surface area contributed by atoms with E-state index in [0.717, 1.165) is 18.4 Å². The zero-order valence-electron chi connectivity index (χ0n) is 10.9. The second-order valence-corrected chi connectivity index (χ2v) is 5.03. The molecule has 0 aliphatic rings. The molecule has 18 heavy (non-hydrogen) atoms. The summed E-state index contributed by atoms with van der Waals surface area (Å²) in [6.07, 6.45) is 8.35. The lowest BCUT2D eigenvalue weighted by atomic mass is 10.0. The summed E-state index contributed by atoms with van der Waals surface area (Å²) < 4.78 is 24.3. The Kier molecular flexibility index (Phi) is 7.69. The van der Waals surface area contributed by atoms with Crippen molar-refractivity contribution >= 4 is 11.4 Å². The van der Waals surface area contributed by atoms with Crippen LogP contribution < -0.4 is 4.18 Å². The van der Waals surface area contributed by atoms with E-state index in [1.54, 1.807) is 6.07 Å². The predicted octanol–water partition coefficient (Wildman–Crippen LogP) is 4.11. The lowest BCUT2D eigenvalue weighted by molar-refractivity contribution is 0.454. The molecule has 0 amide bonds. The average molecular weight is 270 g/mol. The summed E-state index contributed by atoms with van der Waals surface area (Å²) >= 11 is -2.24. The monoisotopic (exact) mass is 270 g/mol. The molecule has 0 spiro atoms. The first-order chi connectivity index (χ1) is 8.74. The van der Waals surface area contributed by atoms with Crippen LogP contribution in [0, 0.1) is 0 Å². The average Bonchev–Trinajstić information content (AvgIpc) is 2.35. The van der Waals surface area contributed by atoms with Crippen LogP contribution in [0.2, 0.25) is 0 Å². The van der Waals surface area contributed by atoms with Gasteiger partial charge in [0, 0.05) is 0 Å². The molecule has 0 saturated carbocycles. The molecule has 1 atom stereocenters. The van der Waals surface area contributed by atoms with Crippen LogP contribution in [0.1, 0.15) is 51.0 Å². The first-order valence-corrected chi connectivity index (χ1v) is 7.64. The Hall–Kier alpha value is -0.870. The van der Waals surface area contributed by atoms with Gasteiger partial charge in [-0.3, -0.25) is 4.55 Å². The zero-order valence-corrected chi connectivity index (χ0v) is 11.7. The molecule has 3 nitrogen and oxygen atoms in total. The molecule has 102 valence electrons. The molecule has 1 unspecified atom stereocenters. The molecule has 4 heteroatoms. The summed E-state index contributed by atoms with van der Waals surface area (Å²) in [6.45, 7) is 2.21. The van der Waals surface area contributed by atoms with Gasteiger partial charge in [0.1, 0.15) is 5.75 Å².